The molecule has 0 aromatic carbocycles. The third kappa shape index (κ3) is 2.65. The minimum Gasteiger partial charge on any atom is -0.465 e. The fourth-order valence-corrected chi connectivity index (χ4v) is 1.55. The molecule has 13 heavy (non-hydrogen) atoms. The number of rotatable bonds is 3. The molecule has 1 rings (SSSR count). The first-order valence-electron chi connectivity index (χ1n) is 4.26. The van der Waals surface area contributed by atoms with Gasteiger partial charge < -0.3 is 4.74 Å². The van der Waals surface area contributed by atoms with E-state index in [4.69, 9.17) is 4.74 Å². The average molecular weight is 184 g/mol. The summed E-state index contributed by atoms with van der Waals surface area (Å²) in [5, 5.41) is 0. The third-order valence-corrected chi connectivity index (χ3v) is 2.31. The molecule has 0 spiro atoms. The van der Waals surface area contributed by atoms with Crippen LogP contribution in [-0.4, -0.2) is 24.1 Å². The van der Waals surface area contributed by atoms with Gasteiger partial charge in [-0.3, -0.25) is 14.4 Å². The molecule has 0 heterocycles. The molecule has 0 amide bonds. The van der Waals surface area contributed by atoms with Crippen LogP contribution in [0.2, 0.25) is 0 Å². The molecule has 0 saturated heterocycles. The van der Waals surface area contributed by atoms with Crippen LogP contribution in [0.5, 0.6) is 0 Å². The number of ether oxygens (including phenoxy) is 1. The molecule has 0 N–H and O–H groups in total. The molecule has 0 aromatic heterocycles. The summed E-state index contributed by atoms with van der Waals surface area (Å²) in [4.78, 5) is 32.1. The van der Waals surface area contributed by atoms with Crippen LogP contribution >= 0.6 is 0 Å². The highest BCUT2D eigenvalue weighted by atomic mass is 16.5. The second-order valence-electron chi connectivity index (χ2n) is 3.36. The van der Waals surface area contributed by atoms with Crippen molar-refractivity contribution in [3.05, 3.63) is 0 Å². The van der Waals surface area contributed by atoms with Crippen molar-refractivity contribution in [1.29, 1.82) is 0 Å². The molecule has 4 heteroatoms. The maximum Gasteiger partial charge on any atom is 0.293 e. The van der Waals surface area contributed by atoms with Crippen LogP contribution in [0.25, 0.3) is 0 Å². The van der Waals surface area contributed by atoms with E-state index in [9.17, 15) is 14.4 Å². The van der Waals surface area contributed by atoms with Gasteiger partial charge in [0.05, 0.1) is 6.42 Å². The normalized spacial score (nSPS) is 21.3. The second-order valence-corrected chi connectivity index (χ2v) is 3.36. The number of hydrogen-bond acceptors (Lipinski definition) is 4. The molecule has 1 fully saturated rings. The van der Waals surface area contributed by atoms with E-state index >= 15 is 0 Å². The van der Waals surface area contributed by atoms with Crippen molar-refractivity contribution in [2.45, 2.75) is 32.3 Å². The van der Waals surface area contributed by atoms with Crippen molar-refractivity contribution in [2.75, 3.05) is 0 Å². The Bertz CT molecular complexity index is 218. The SMILES string of the molecule is CC(OC=O)C1CC(=O)CC(=O)C1. The molecule has 0 aromatic rings. The molecule has 1 saturated carbocycles. The Hall–Kier alpha value is -1.19. The zero-order chi connectivity index (χ0) is 9.84. The van der Waals surface area contributed by atoms with Crippen molar-refractivity contribution < 1.29 is 19.1 Å². The maximum absolute atomic E-state index is 11.0. The van der Waals surface area contributed by atoms with E-state index in [1.165, 1.54) is 0 Å². The highest BCUT2D eigenvalue weighted by Crippen LogP contribution is 2.23. The molecule has 1 unspecified atom stereocenters. The first-order valence-corrected chi connectivity index (χ1v) is 4.26. The number of carbonyl (C=O) groups is 3. The Morgan fingerprint density at radius 3 is 2.38 bits per heavy atom. The van der Waals surface area contributed by atoms with Gasteiger partial charge >= 0.3 is 0 Å². The first kappa shape index (κ1) is 9.89. The summed E-state index contributed by atoms with van der Waals surface area (Å²) in [5.41, 5.74) is 0. The number of carbonyl (C=O) groups excluding carboxylic acids is 3. The summed E-state index contributed by atoms with van der Waals surface area (Å²) in [7, 11) is 0. The lowest BCUT2D eigenvalue weighted by Gasteiger charge is -2.24. The molecule has 0 aliphatic heterocycles. The summed E-state index contributed by atoms with van der Waals surface area (Å²) < 4.78 is 4.69. The number of Topliss-reactive ketones (excluding diaryl/α,β-unsaturated/α-hetero) is 2. The highest BCUT2D eigenvalue weighted by Gasteiger charge is 2.29. The van der Waals surface area contributed by atoms with Gasteiger partial charge in [-0.2, -0.15) is 0 Å². The van der Waals surface area contributed by atoms with Crippen LogP contribution in [0, 0.1) is 5.92 Å². The summed E-state index contributed by atoms with van der Waals surface area (Å²) in [6.07, 6.45) is 0.400. The van der Waals surface area contributed by atoms with E-state index in [0.717, 1.165) is 0 Å². The van der Waals surface area contributed by atoms with Gasteiger partial charge in [-0.25, -0.2) is 0 Å². The minimum absolute atomic E-state index is 0.0459. The van der Waals surface area contributed by atoms with Gasteiger partial charge in [0, 0.05) is 18.8 Å². The molecule has 1 aliphatic carbocycles. The standard InChI is InChI=1S/C9H12O4/c1-6(13-5-10)7-2-8(11)4-9(12)3-7/h5-7H,2-4H2,1H3. The van der Waals surface area contributed by atoms with Gasteiger partial charge in [-0.05, 0) is 6.92 Å². The molecule has 72 valence electrons. The van der Waals surface area contributed by atoms with Gasteiger partial charge in [0.2, 0.25) is 0 Å². The second kappa shape index (κ2) is 4.16. The van der Waals surface area contributed by atoms with Crippen molar-refractivity contribution in [1.82, 2.24) is 0 Å². The van der Waals surface area contributed by atoms with Crippen LogP contribution in [-0.2, 0) is 19.1 Å². The van der Waals surface area contributed by atoms with Crippen molar-refractivity contribution in [3.8, 4) is 0 Å². The molecular formula is C9H12O4. The van der Waals surface area contributed by atoms with Gasteiger partial charge in [-0.15, -0.1) is 0 Å². The zero-order valence-corrected chi connectivity index (χ0v) is 7.49. The monoisotopic (exact) mass is 184 g/mol. The van der Waals surface area contributed by atoms with Crippen LogP contribution in [0.3, 0.4) is 0 Å². The molecule has 0 radical (unpaired) electrons. The van der Waals surface area contributed by atoms with E-state index in [0.29, 0.717) is 19.3 Å². The highest BCUT2D eigenvalue weighted by molar-refractivity contribution is 6.01. The van der Waals surface area contributed by atoms with Crippen molar-refractivity contribution in [2.24, 2.45) is 5.92 Å². The Balaban J connectivity index is 2.54. The lowest BCUT2D eigenvalue weighted by atomic mass is 9.84. The molecular weight excluding hydrogens is 172 g/mol. The van der Waals surface area contributed by atoms with E-state index in [1.807, 2.05) is 0 Å². The topological polar surface area (TPSA) is 60.4 Å². The summed E-state index contributed by atoms with van der Waals surface area (Å²) in [6.45, 7) is 2.05. The third-order valence-electron chi connectivity index (χ3n) is 2.31. The van der Waals surface area contributed by atoms with Gasteiger partial charge in [0.1, 0.15) is 17.7 Å². The predicted octanol–water partition coefficient (Wildman–Crippen LogP) is 0.486. The number of ketones is 2. The summed E-state index contributed by atoms with van der Waals surface area (Å²) >= 11 is 0. The Kier molecular flexibility index (Phi) is 3.17. The number of hydrogen-bond donors (Lipinski definition) is 0. The first-order chi connectivity index (χ1) is 6.13. The smallest absolute Gasteiger partial charge is 0.293 e. The van der Waals surface area contributed by atoms with E-state index in [-0.39, 0.29) is 30.0 Å². The Labute approximate surface area is 76.3 Å². The molecule has 4 nitrogen and oxygen atoms in total. The van der Waals surface area contributed by atoms with Crippen LogP contribution in [0.1, 0.15) is 26.2 Å². The Morgan fingerprint density at radius 1 is 1.38 bits per heavy atom. The van der Waals surface area contributed by atoms with E-state index in [2.05, 4.69) is 0 Å². The molecule has 1 aliphatic rings. The minimum atomic E-state index is -0.342. The van der Waals surface area contributed by atoms with Gasteiger partial charge in [0.25, 0.3) is 6.47 Å². The zero-order valence-electron chi connectivity index (χ0n) is 7.49. The lowest BCUT2D eigenvalue weighted by Crippen LogP contribution is -2.31. The van der Waals surface area contributed by atoms with Crippen molar-refractivity contribution in [3.63, 3.8) is 0 Å². The van der Waals surface area contributed by atoms with Crippen molar-refractivity contribution >= 4 is 18.0 Å². The fraction of sp³-hybridized carbons (Fsp3) is 0.667. The fourth-order valence-electron chi connectivity index (χ4n) is 1.55. The van der Waals surface area contributed by atoms with Gasteiger partial charge in [-0.1, -0.05) is 0 Å². The van der Waals surface area contributed by atoms with Gasteiger partial charge in [0.15, 0.2) is 0 Å². The largest absolute Gasteiger partial charge is 0.465 e. The van der Waals surface area contributed by atoms with Crippen LogP contribution in [0.15, 0.2) is 0 Å². The van der Waals surface area contributed by atoms with E-state index < -0.39 is 0 Å². The predicted molar refractivity (Wildman–Crippen MR) is 44.0 cm³/mol. The molecule has 0 bridgehead atoms. The van der Waals surface area contributed by atoms with E-state index in [1.54, 1.807) is 6.92 Å². The summed E-state index contributed by atoms with van der Waals surface area (Å²) in [6, 6.07) is 0. The average Bonchev–Trinajstić information content (AvgIpc) is 2.03. The summed E-state index contributed by atoms with van der Waals surface area (Å²) in [5.74, 6) is -0.232. The Morgan fingerprint density at radius 2 is 1.92 bits per heavy atom. The lowest BCUT2D eigenvalue weighted by molar-refractivity contribution is -0.141. The quantitative estimate of drug-likeness (QED) is 0.473. The molecule has 1 atom stereocenters. The van der Waals surface area contributed by atoms with Crippen LogP contribution < -0.4 is 0 Å². The van der Waals surface area contributed by atoms with Crippen LogP contribution in [0.4, 0.5) is 0 Å². The maximum atomic E-state index is 11.0.